The maximum Gasteiger partial charge on any atom is 0.388 e. The molecule has 0 heterocycles. The second-order valence-corrected chi connectivity index (χ2v) is 9.17. The van der Waals surface area contributed by atoms with Crippen molar-refractivity contribution in [1.82, 2.24) is 0 Å². The molecule has 4 heteroatoms. The average Bonchev–Trinajstić information content (AvgIpc) is 1.83. The van der Waals surface area contributed by atoms with Gasteiger partial charge >= 0.3 is 6.18 Å². The summed E-state index contributed by atoms with van der Waals surface area (Å²) < 4.78 is 35.2. The fourth-order valence-electron chi connectivity index (χ4n) is 0.657. The van der Waals surface area contributed by atoms with Crippen LogP contribution in [0.2, 0.25) is 25.2 Å². The Morgan fingerprint density at radius 3 is 1.91 bits per heavy atom. The number of halogens is 3. The fraction of sp³-hybridized carbons (Fsp3) is 1.00. The van der Waals surface area contributed by atoms with Crippen LogP contribution in [-0.4, -0.2) is 14.3 Å². The minimum Gasteiger partial charge on any atom is -0.171 e. The molecule has 0 spiro atoms. The second kappa shape index (κ2) is 3.60. The van der Waals surface area contributed by atoms with Gasteiger partial charge in [-0.15, -0.1) is 0 Å². The van der Waals surface area contributed by atoms with Crippen LogP contribution in [0.15, 0.2) is 0 Å². The zero-order valence-corrected chi connectivity index (χ0v) is 8.26. The summed E-state index contributed by atoms with van der Waals surface area (Å²) in [5, 5.41) is 0. The van der Waals surface area contributed by atoms with Crippen molar-refractivity contribution in [3.05, 3.63) is 0 Å². The minimum atomic E-state index is -3.96. The van der Waals surface area contributed by atoms with Crippen LogP contribution in [0.25, 0.3) is 0 Å². The molecule has 0 aromatic heterocycles. The highest BCUT2D eigenvalue weighted by atomic mass is 28.3. The van der Waals surface area contributed by atoms with E-state index in [2.05, 4.69) is 0 Å². The molecule has 0 nitrogen and oxygen atoms in total. The first-order valence-electron chi connectivity index (χ1n) is 3.83. The molecule has 68 valence electrons. The Kier molecular flexibility index (Phi) is 3.61. The van der Waals surface area contributed by atoms with E-state index in [0.29, 0.717) is 6.04 Å². The largest absolute Gasteiger partial charge is 0.388 e. The van der Waals surface area contributed by atoms with E-state index >= 15 is 0 Å². The van der Waals surface area contributed by atoms with Gasteiger partial charge in [0.2, 0.25) is 0 Å². The van der Waals surface area contributed by atoms with Gasteiger partial charge in [-0.3, -0.25) is 0 Å². The van der Waals surface area contributed by atoms with Crippen molar-refractivity contribution in [3.8, 4) is 0 Å². The van der Waals surface area contributed by atoms with Gasteiger partial charge in [0.25, 0.3) is 0 Å². The predicted octanol–water partition coefficient (Wildman–Crippen LogP) is 3.67. The summed E-state index contributed by atoms with van der Waals surface area (Å²) in [6.07, 6.45) is -4.56. The summed E-state index contributed by atoms with van der Waals surface area (Å²) in [7, 11) is -1.51. The lowest BCUT2D eigenvalue weighted by Gasteiger charge is -2.20. The van der Waals surface area contributed by atoms with Crippen LogP contribution in [0.4, 0.5) is 13.2 Å². The van der Waals surface area contributed by atoms with Crippen molar-refractivity contribution < 1.29 is 13.2 Å². The molecule has 0 fully saturated rings. The quantitative estimate of drug-likeness (QED) is 0.587. The van der Waals surface area contributed by atoms with E-state index in [9.17, 15) is 13.2 Å². The molecule has 0 radical (unpaired) electrons. The molecule has 0 N–H and O–H groups in total. The third-order valence-corrected chi connectivity index (χ3v) is 5.56. The van der Waals surface area contributed by atoms with Gasteiger partial charge in [0.15, 0.2) is 0 Å². The van der Waals surface area contributed by atoms with Crippen LogP contribution >= 0.6 is 0 Å². The first-order chi connectivity index (χ1) is 4.77. The SMILES string of the molecule is CC[Si](C)(C)CCC(F)(F)F. The van der Waals surface area contributed by atoms with Gasteiger partial charge in [-0.1, -0.05) is 26.1 Å². The molecule has 11 heavy (non-hydrogen) atoms. The maximum absolute atomic E-state index is 11.7. The zero-order chi connectivity index (χ0) is 9.12. The molecular formula is C7H15F3Si. The number of hydrogen-bond acceptors (Lipinski definition) is 0. The van der Waals surface area contributed by atoms with Crippen molar-refractivity contribution in [2.45, 2.75) is 44.7 Å². The van der Waals surface area contributed by atoms with Crippen LogP contribution in [0, 0.1) is 0 Å². The van der Waals surface area contributed by atoms with Gasteiger partial charge in [-0.2, -0.15) is 13.2 Å². The first-order valence-corrected chi connectivity index (χ1v) is 7.25. The molecule has 0 aliphatic carbocycles. The third kappa shape index (κ3) is 6.41. The summed E-state index contributed by atoms with van der Waals surface area (Å²) in [5.74, 6) is 0. The molecule has 0 rings (SSSR count). The summed E-state index contributed by atoms with van der Waals surface area (Å²) in [4.78, 5) is 0. The van der Waals surface area contributed by atoms with Gasteiger partial charge in [0.1, 0.15) is 0 Å². The molecule has 0 saturated heterocycles. The minimum absolute atomic E-state index is 0.368. The van der Waals surface area contributed by atoms with E-state index in [4.69, 9.17) is 0 Å². The van der Waals surface area contributed by atoms with Crippen LogP contribution in [0.1, 0.15) is 13.3 Å². The normalized spacial score (nSPS) is 13.6. The highest BCUT2D eigenvalue weighted by Crippen LogP contribution is 2.27. The zero-order valence-electron chi connectivity index (χ0n) is 7.26. The van der Waals surface area contributed by atoms with Gasteiger partial charge in [0.05, 0.1) is 0 Å². The highest BCUT2D eigenvalue weighted by molar-refractivity contribution is 6.77. The number of hydrogen-bond donors (Lipinski definition) is 0. The topological polar surface area (TPSA) is 0 Å². The van der Waals surface area contributed by atoms with E-state index in [1.54, 1.807) is 0 Å². The molecule has 0 unspecified atom stereocenters. The summed E-state index contributed by atoms with van der Waals surface area (Å²) >= 11 is 0. The van der Waals surface area contributed by atoms with E-state index in [1.807, 2.05) is 20.0 Å². The van der Waals surface area contributed by atoms with Crippen LogP contribution in [-0.2, 0) is 0 Å². The van der Waals surface area contributed by atoms with Crippen molar-refractivity contribution in [2.75, 3.05) is 0 Å². The molecule has 0 aliphatic heterocycles. The molecule has 0 aliphatic rings. The van der Waals surface area contributed by atoms with Crippen molar-refractivity contribution in [2.24, 2.45) is 0 Å². The van der Waals surface area contributed by atoms with E-state index in [0.717, 1.165) is 6.04 Å². The predicted molar refractivity (Wildman–Crippen MR) is 43.4 cm³/mol. The van der Waals surface area contributed by atoms with Crippen molar-refractivity contribution in [3.63, 3.8) is 0 Å². The smallest absolute Gasteiger partial charge is 0.171 e. The average molecular weight is 184 g/mol. The van der Waals surface area contributed by atoms with E-state index < -0.39 is 20.7 Å². The Bertz CT molecular complexity index is 117. The molecule has 0 aromatic rings. The fourth-order valence-corrected chi connectivity index (χ4v) is 1.97. The molecule has 0 saturated carbocycles. The molecule has 0 amide bonds. The Labute approximate surface area is 66.8 Å². The van der Waals surface area contributed by atoms with E-state index in [1.165, 1.54) is 0 Å². The summed E-state index contributed by atoms with van der Waals surface area (Å²) in [5.41, 5.74) is 0. The Morgan fingerprint density at radius 2 is 1.64 bits per heavy atom. The lowest BCUT2D eigenvalue weighted by molar-refractivity contribution is -0.130. The Morgan fingerprint density at radius 1 is 1.18 bits per heavy atom. The molecular weight excluding hydrogens is 169 g/mol. The van der Waals surface area contributed by atoms with Gasteiger partial charge in [-0.25, -0.2) is 0 Å². The molecule has 0 aromatic carbocycles. The monoisotopic (exact) mass is 184 g/mol. The maximum atomic E-state index is 11.7. The third-order valence-electron chi connectivity index (χ3n) is 2.04. The van der Waals surface area contributed by atoms with Gasteiger partial charge in [0, 0.05) is 14.5 Å². The van der Waals surface area contributed by atoms with Crippen LogP contribution < -0.4 is 0 Å². The standard InChI is InChI=1S/C7H15F3Si/c1-4-11(2,3)6-5-7(8,9)10/h4-6H2,1-3H3. The van der Waals surface area contributed by atoms with Crippen molar-refractivity contribution >= 4 is 8.07 Å². The number of alkyl halides is 3. The Balaban J connectivity index is 3.70. The van der Waals surface area contributed by atoms with Crippen LogP contribution in [0.3, 0.4) is 0 Å². The lowest BCUT2D eigenvalue weighted by atomic mass is 10.5. The Hall–Kier alpha value is 0.00688. The molecule has 0 atom stereocenters. The first kappa shape index (κ1) is 11.0. The second-order valence-electron chi connectivity index (χ2n) is 3.63. The van der Waals surface area contributed by atoms with E-state index in [-0.39, 0.29) is 0 Å². The highest BCUT2D eigenvalue weighted by Gasteiger charge is 2.30. The lowest BCUT2D eigenvalue weighted by Crippen LogP contribution is -2.26. The van der Waals surface area contributed by atoms with Gasteiger partial charge in [-0.05, 0) is 6.04 Å². The van der Waals surface area contributed by atoms with Gasteiger partial charge < -0.3 is 0 Å². The summed E-state index contributed by atoms with van der Waals surface area (Å²) in [6, 6.07) is 1.30. The van der Waals surface area contributed by atoms with Crippen LogP contribution in [0.5, 0.6) is 0 Å². The summed E-state index contributed by atoms with van der Waals surface area (Å²) in [6.45, 7) is 5.97. The number of rotatable bonds is 3. The molecule has 0 bridgehead atoms. The van der Waals surface area contributed by atoms with Crippen molar-refractivity contribution in [1.29, 1.82) is 0 Å².